The van der Waals surface area contributed by atoms with Gasteiger partial charge < -0.3 is 10.0 Å². The van der Waals surface area contributed by atoms with E-state index in [2.05, 4.69) is 11.9 Å². The van der Waals surface area contributed by atoms with Crippen molar-refractivity contribution in [1.82, 2.24) is 4.90 Å². The highest BCUT2D eigenvalue weighted by molar-refractivity contribution is 8.14. The van der Waals surface area contributed by atoms with Crippen LogP contribution in [0.2, 0.25) is 5.02 Å². The Labute approximate surface area is 116 Å². The highest BCUT2D eigenvalue weighted by Gasteiger charge is 2.52. The van der Waals surface area contributed by atoms with Crippen LogP contribution in [0.5, 0.6) is 0 Å². The largest absolute Gasteiger partial charge is 0.366 e. The molecule has 1 aromatic rings. The summed E-state index contributed by atoms with van der Waals surface area (Å²) in [7, 11) is 0. The first-order valence-corrected chi connectivity index (χ1v) is 7.39. The molecule has 2 aliphatic rings. The summed E-state index contributed by atoms with van der Waals surface area (Å²) in [6, 6.07) is 7.48. The number of benzene rings is 1. The van der Waals surface area contributed by atoms with Gasteiger partial charge in [-0.2, -0.15) is 0 Å². The lowest BCUT2D eigenvalue weighted by molar-refractivity contribution is -0.0663. The smallest absolute Gasteiger partial charge is 0.178 e. The average Bonchev–Trinajstić information content (AvgIpc) is 2.93. The van der Waals surface area contributed by atoms with E-state index in [1.807, 2.05) is 29.2 Å². The van der Waals surface area contributed by atoms with E-state index in [0.717, 1.165) is 30.2 Å². The first-order chi connectivity index (χ1) is 8.66. The molecule has 1 saturated heterocycles. The lowest BCUT2D eigenvalue weighted by Gasteiger charge is -2.36. The van der Waals surface area contributed by atoms with Crippen LogP contribution in [-0.2, 0) is 5.72 Å². The number of rotatable bonds is 2. The third-order valence-electron chi connectivity index (χ3n) is 3.55. The van der Waals surface area contributed by atoms with Crippen LogP contribution >= 0.6 is 23.4 Å². The summed E-state index contributed by atoms with van der Waals surface area (Å²) in [6.07, 6.45) is 0.902. The fourth-order valence-electron chi connectivity index (χ4n) is 2.63. The Morgan fingerprint density at radius 1 is 1.50 bits per heavy atom. The topological polar surface area (TPSA) is 35.8 Å². The van der Waals surface area contributed by atoms with Crippen molar-refractivity contribution in [3.05, 3.63) is 34.9 Å². The molecule has 3 rings (SSSR count). The fraction of sp³-hybridized carbons (Fsp3) is 0.462. The molecule has 0 unspecified atom stereocenters. The molecule has 1 aromatic carbocycles. The average molecular weight is 283 g/mol. The Morgan fingerprint density at radius 3 is 2.89 bits per heavy atom. The second kappa shape index (κ2) is 4.44. The first-order valence-electron chi connectivity index (χ1n) is 6.13. The molecule has 2 heterocycles. The minimum atomic E-state index is -0.945. The van der Waals surface area contributed by atoms with Crippen LogP contribution in [0.1, 0.15) is 18.9 Å². The van der Waals surface area contributed by atoms with E-state index in [1.54, 1.807) is 11.8 Å². The van der Waals surface area contributed by atoms with Crippen molar-refractivity contribution in [3.63, 3.8) is 0 Å². The van der Waals surface area contributed by atoms with Crippen LogP contribution in [0.4, 0.5) is 0 Å². The van der Waals surface area contributed by atoms with Gasteiger partial charge in [0.1, 0.15) is 0 Å². The molecule has 2 atom stereocenters. The van der Waals surface area contributed by atoms with E-state index in [1.165, 1.54) is 0 Å². The Kier molecular flexibility index (Phi) is 3.04. The number of amidine groups is 1. The molecule has 5 heteroatoms. The maximum Gasteiger partial charge on any atom is 0.178 e. The summed E-state index contributed by atoms with van der Waals surface area (Å²) >= 11 is 7.60. The minimum Gasteiger partial charge on any atom is -0.366 e. The highest BCUT2D eigenvalue weighted by atomic mass is 35.5. The van der Waals surface area contributed by atoms with Crippen LogP contribution < -0.4 is 0 Å². The number of nitrogens with zero attached hydrogens (tertiary/aromatic N) is 2. The van der Waals surface area contributed by atoms with Crippen molar-refractivity contribution in [2.75, 3.05) is 13.1 Å². The zero-order valence-electron chi connectivity index (χ0n) is 10.1. The van der Waals surface area contributed by atoms with Crippen LogP contribution in [0.3, 0.4) is 0 Å². The lowest BCUT2D eigenvalue weighted by atomic mass is 9.96. The second-order valence-corrected chi connectivity index (χ2v) is 6.17. The highest BCUT2D eigenvalue weighted by Crippen LogP contribution is 2.47. The van der Waals surface area contributed by atoms with Crippen LogP contribution in [-0.4, -0.2) is 33.5 Å². The van der Waals surface area contributed by atoms with Crippen molar-refractivity contribution in [1.29, 1.82) is 0 Å². The number of halogens is 1. The molecule has 3 nitrogen and oxygen atoms in total. The zero-order chi connectivity index (χ0) is 12.8. The van der Waals surface area contributed by atoms with Crippen molar-refractivity contribution < 1.29 is 5.11 Å². The zero-order valence-corrected chi connectivity index (χ0v) is 11.7. The molecule has 18 heavy (non-hydrogen) atoms. The molecule has 1 N–H and O–H groups in total. The molecule has 0 radical (unpaired) electrons. The van der Waals surface area contributed by atoms with Gasteiger partial charge in [0.05, 0.1) is 11.8 Å². The summed E-state index contributed by atoms with van der Waals surface area (Å²) in [6.45, 7) is 3.66. The van der Waals surface area contributed by atoms with E-state index in [-0.39, 0.29) is 5.25 Å². The van der Waals surface area contributed by atoms with Crippen LogP contribution in [0.25, 0.3) is 0 Å². The summed E-state index contributed by atoms with van der Waals surface area (Å²) in [5.74, 6) is 0. The Morgan fingerprint density at radius 2 is 2.22 bits per heavy atom. The van der Waals surface area contributed by atoms with Gasteiger partial charge in [-0.25, -0.2) is 0 Å². The molecule has 0 aliphatic carbocycles. The predicted octanol–water partition coefficient (Wildman–Crippen LogP) is 2.68. The SMILES string of the molecule is CC[C@H]1SC2=NCCN2[C@@]1(O)c1ccc(Cl)cc1. The maximum atomic E-state index is 11.2. The molecule has 0 aromatic heterocycles. The van der Waals surface area contributed by atoms with Gasteiger partial charge in [-0.15, -0.1) is 0 Å². The van der Waals surface area contributed by atoms with E-state index in [0.29, 0.717) is 5.02 Å². The molecule has 96 valence electrons. The number of aliphatic hydroxyl groups is 1. The van der Waals surface area contributed by atoms with Gasteiger partial charge in [0, 0.05) is 17.1 Å². The molecule has 2 aliphatic heterocycles. The van der Waals surface area contributed by atoms with E-state index in [4.69, 9.17) is 11.6 Å². The van der Waals surface area contributed by atoms with Gasteiger partial charge in [0.15, 0.2) is 10.9 Å². The van der Waals surface area contributed by atoms with Crippen LogP contribution in [0.15, 0.2) is 29.3 Å². The Bertz CT molecular complexity index is 490. The van der Waals surface area contributed by atoms with Gasteiger partial charge in [-0.3, -0.25) is 4.99 Å². The molecular weight excluding hydrogens is 268 g/mol. The molecule has 0 amide bonds. The Hall–Kier alpha value is -0.710. The summed E-state index contributed by atoms with van der Waals surface area (Å²) in [4.78, 5) is 6.48. The molecular formula is C13H15ClN2OS. The Balaban J connectivity index is 2.05. The summed E-state index contributed by atoms with van der Waals surface area (Å²) in [5.41, 5.74) is -0.0439. The third kappa shape index (κ3) is 1.67. The van der Waals surface area contributed by atoms with Crippen molar-refractivity contribution >= 4 is 28.5 Å². The molecule has 0 bridgehead atoms. The number of hydrogen-bond acceptors (Lipinski definition) is 4. The maximum absolute atomic E-state index is 11.2. The van der Waals surface area contributed by atoms with Crippen molar-refractivity contribution in [3.8, 4) is 0 Å². The van der Waals surface area contributed by atoms with Gasteiger partial charge in [-0.05, 0) is 18.6 Å². The molecule has 0 saturated carbocycles. The van der Waals surface area contributed by atoms with E-state index in [9.17, 15) is 5.11 Å². The first kappa shape index (κ1) is 12.3. The fourth-order valence-corrected chi connectivity index (χ4v) is 4.13. The van der Waals surface area contributed by atoms with Crippen molar-refractivity contribution in [2.24, 2.45) is 4.99 Å². The van der Waals surface area contributed by atoms with E-state index >= 15 is 0 Å². The van der Waals surface area contributed by atoms with Gasteiger partial charge in [0.2, 0.25) is 0 Å². The third-order valence-corrected chi connectivity index (χ3v) is 5.31. The minimum absolute atomic E-state index is 0.123. The molecule has 0 spiro atoms. The van der Waals surface area contributed by atoms with Gasteiger partial charge in [-0.1, -0.05) is 42.4 Å². The van der Waals surface area contributed by atoms with E-state index < -0.39 is 5.72 Å². The van der Waals surface area contributed by atoms with Crippen molar-refractivity contribution in [2.45, 2.75) is 24.3 Å². The number of hydrogen-bond donors (Lipinski definition) is 1. The second-order valence-electron chi connectivity index (χ2n) is 4.56. The monoisotopic (exact) mass is 282 g/mol. The normalized spacial score (nSPS) is 30.5. The summed E-state index contributed by atoms with van der Waals surface area (Å²) in [5, 5.41) is 13.0. The predicted molar refractivity (Wildman–Crippen MR) is 76.0 cm³/mol. The van der Waals surface area contributed by atoms with Gasteiger partial charge in [0.25, 0.3) is 0 Å². The molecule has 1 fully saturated rings. The standard InChI is InChI=1S/C13H15ClN2OS/c1-2-11-13(17,9-3-5-10(14)6-4-9)16-8-7-15-12(16)18-11/h3-6,11,17H,2,7-8H2,1H3/t11-,13-/m1/s1. The number of thioether (sulfide) groups is 1. The quantitative estimate of drug-likeness (QED) is 0.906. The number of fused-ring (bicyclic) bond motifs is 1. The summed E-state index contributed by atoms with van der Waals surface area (Å²) < 4.78 is 0. The van der Waals surface area contributed by atoms with Crippen LogP contribution in [0, 0.1) is 0 Å². The number of aliphatic imine (C=N–C) groups is 1. The van der Waals surface area contributed by atoms with Gasteiger partial charge >= 0.3 is 0 Å². The lowest BCUT2D eigenvalue weighted by Crippen LogP contribution is -2.47.